The van der Waals surface area contributed by atoms with Crippen LogP contribution in [0.15, 0.2) is 35.7 Å². The van der Waals surface area contributed by atoms with Crippen molar-refractivity contribution < 1.29 is 9.47 Å². The second kappa shape index (κ2) is 7.59. The van der Waals surface area contributed by atoms with Crippen LogP contribution in [0.3, 0.4) is 0 Å². The van der Waals surface area contributed by atoms with Crippen molar-refractivity contribution in [1.29, 1.82) is 0 Å². The molecule has 21 heavy (non-hydrogen) atoms. The first-order valence-corrected chi connectivity index (χ1v) is 8.07. The van der Waals surface area contributed by atoms with Gasteiger partial charge in [-0.15, -0.1) is 11.3 Å². The lowest BCUT2D eigenvalue weighted by molar-refractivity contribution is 0.0232. The summed E-state index contributed by atoms with van der Waals surface area (Å²) in [5, 5.41) is 2.09. The topological polar surface area (TPSA) is 44.5 Å². The summed E-state index contributed by atoms with van der Waals surface area (Å²) in [6, 6.07) is 10.1. The van der Waals surface area contributed by atoms with Gasteiger partial charge in [-0.25, -0.2) is 0 Å². The van der Waals surface area contributed by atoms with Gasteiger partial charge >= 0.3 is 0 Å². The molecule has 0 saturated carbocycles. The van der Waals surface area contributed by atoms with Crippen LogP contribution in [0.25, 0.3) is 0 Å². The van der Waals surface area contributed by atoms with Crippen LogP contribution in [-0.2, 0) is 11.3 Å². The monoisotopic (exact) mass is 305 g/mol. The standard InChI is InChI=1S/C17H23NO2S/c1-4-15(18)16(17-12(2)9-10-21-17)20-11-13-5-7-14(19-3)8-6-13/h5-10,15-16H,4,11,18H2,1-3H3. The van der Waals surface area contributed by atoms with E-state index >= 15 is 0 Å². The zero-order valence-electron chi connectivity index (χ0n) is 12.8. The molecule has 2 N–H and O–H groups in total. The highest BCUT2D eigenvalue weighted by Crippen LogP contribution is 2.30. The first kappa shape index (κ1) is 16.0. The average molecular weight is 305 g/mol. The largest absolute Gasteiger partial charge is 0.497 e. The summed E-state index contributed by atoms with van der Waals surface area (Å²) >= 11 is 1.72. The molecule has 0 radical (unpaired) electrons. The van der Waals surface area contributed by atoms with Crippen LogP contribution < -0.4 is 10.5 Å². The summed E-state index contributed by atoms with van der Waals surface area (Å²) in [5.74, 6) is 0.856. The molecule has 0 aliphatic rings. The second-order valence-corrected chi connectivity index (χ2v) is 6.07. The molecule has 0 saturated heterocycles. The van der Waals surface area contributed by atoms with Gasteiger partial charge in [0, 0.05) is 10.9 Å². The Morgan fingerprint density at radius 3 is 2.43 bits per heavy atom. The van der Waals surface area contributed by atoms with Crippen molar-refractivity contribution in [1.82, 2.24) is 0 Å². The molecule has 0 aliphatic carbocycles. The van der Waals surface area contributed by atoms with E-state index in [2.05, 4.69) is 25.3 Å². The highest BCUT2D eigenvalue weighted by Gasteiger charge is 2.22. The van der Waals surface area contributed by atoms with Gasteiger partial charge in [-0.1, -0.05) is 19.1 Å². The minimum Gasteiger partial charge on any atom is -0.497 e. The van der Waals surface area contributed by atoms with Gasteiger partial charge in [0.05, 0.1) is 13.7 Å². The average Bonchev–Trinajstić information content (AvgIpc) is 2.94. The van der Waals surface area contributed by atoms with E-state index in [1.165, 1.54) is 10.4 Å². The van der Waals surface area contributed by atoms with Crippen molar-refractivity contribution in [2.24, 2.45) is 5.73 Å². The van der Waals surface area contributed by atoms with Gasteiger partial charge in [0.1, 0.15) is 11.9 Å². The van der Waals surface area contributed by atoms with Crippen LogP contribution in [-0.4, -0.2) is 13.2 Å². The van der Waals surface area contributed by atoms with Gasteiger partial charge in [-0.05, 0) is 48.1 Å². The predicted molar refractivity (Wildman–Crippen MR) is 87.8 cm³/mol. The molecule has 2 aromatic rings. The second-order valence-electron chi connectivity index (χ2n) is 5.12. The van der Waals surface area contributed by atoms with Crippen LogP contribution in [0.2, 0.25) is 0 Å². The molecule has 2 unspecified atom stereocenters. The highest BCUT2D eigenvalue weighted by atomic mass is 32.1. The van der Waals surface area contributed by atoms with E-state index in [1.54, 1.807) is 18.4 Å². The molecule has 0 aliphatic heterocycles. The Labute approximate surface area is 130 Å². The number of benzene rings is 1. The molecule has 114 valence electrons. The molecule has 0 fully saturated rings. The van der Waals surface area contributed by atoms with Crippen molar-refractivity contribution in [3.05, 3.63) is 51.7 Å². The third-order valence-corrected chi connectivity index (χ3v) is 4.69. The summed E-state index contributed by atoms with van der Waals surface area (Å²) in [6.07, 6.45) is 0.849. The third kappa shape index (κ3) is 4.06. The van der Waals surface area contributed by atoms with Gasteiger partial charge in [-0.2, -0.15) is 0 Å². The summed E-state index contributed by atoms with van der Waals surface area (Å²) in [7, 11) is 1.67. The molecule has 1 heterocycles. The fourth-order valence-corrected chi connectivity index (χ4v) is 3.24. The van der Waals surface area contributed by atoms with Crippen LogP contribution in [0.5, 0.6) is 5.75 Å². The van der Waals surface area contributed by atoms with Crippen LogP contribution in [0.4, 0.5) is 0 Å². The van der Waals surface area contributed by atoms with E-state index in [0.29, 0.717) is 6.61 Å². The third-order valence-electron chi connectivity index (χ3n) is 3.61. The lowest BCUT2D eigenvalue weighted by Gasteiger charge is -2.23. The molecule has 2 rings (SSSR count). The van der Waals surface area contributed by atoms with E-state index in [-0.39, 0.29) is 12.1 Å². The summed E-state index contributed by atoms with van der Waals surface area (Å²) in [6.45, 7) is 4.76. The minimum atomic E-state index is -0.0444. The molecular formula is C17H23NO2S. The van der Waals surface area contributed by atoms with Gasteiger partial charge in [0.2, 0.25) is 0 Å². The molecule has 4 heteroatoms. The van der Waals surface area contributed by atoms with Crippen molar-refractivity contribution in [3.63, 3.8) is 0 Å². The zero-order valence-corrected chi connectivity index (χ0v) is 13.7. The van der Waals surface area contributed by atoms with Gasteiger partial charge in [0.15, 0.2) is 0 Å². The van der Waals surface area contributed by atoms with Gasteiger partial charge in [-0.3, -0.25) is 0 Å². The predicted octanol–water partition coefficient (Wildman–Crippen LogP) is 4.06. The molecule has 0 spiro atoms. The molecular weight excluding hydrogens is 282 g/mol. The van der Waals surface area contributed by atoms with E-state index in [1.807, 2.05) is 24.3 Å². The lowest BCUT2D eigenvalue weighted by atomic mass is 10.1. The maximum atomic E-state index is 6.25. The molecule has 1 aromatic carbocycles. The van der Waals surface area contributed by atoms with Crippen molar-refractivity contribution in [3.8, 4) is 5.75 Å². The number of nitrogens with two attached hydrogens (primary N) is 1. The molecule has 0 amide bonds. The number of rotatable bonds is 7. The Balaban J connectivity index is 2.07. The molecule has 2 atom stereocenters. The maximum Gasteiger partial charge on any atom is 0.118 e. The number of aryl methyl sites for hydroxylation is 1. The molecule has 3 nitrogen and oxygen atoms in total. The Hall–Kier alpha value is -1.36. The van der Waals surface area contributed by atoms with Gasteiger partial charge < -0.3 is 15.2 Å². The molecule has 1 aromatic heterocycles. The normalized spacial score (nSPS) is 13.9. The summed E-state index contributed by atoms with van der Waals surface area (Å²) in [5.41, 5.74) is 8.63. The van der Waals surface area contributed by atoms with E-state index in [4.69, 9.17) is 15.2 Å². The Kier molecular flexibility index (Phi) is 5.79. The van der Waals surface area contributed by atoms with Gasteiger partial charge in [0.25, 0.3) is 0 Å². The smallest absolute Gasteiger partial charge is 0.118 e. The Bertz CT molecular complexity index is 550. The summed E-state index contributed by atoms with van der Waals surface area (Å²) in [4.78, 5) is 1.23. The summed E-state index contributed by atoms with van der Waals surface area (Å²) < 4.78 is 11.3. The van der Waals surface area contributed by atoms with Crippen LogP contribution in [0, 0.1) is 6.92 Å². The number of hydrogen-bond donors (Lipinski definition) is 1. The van der Waals surface area contributed by atoms with Crippen molar-refractivity contribution >= 4 is 11.3 Å². The van der Waals surface area contributed by atoms with Crippen molar-refractivity contribution in [2.45, 2.75) is 39.0 Å². The zero-order chi connectivity index (χ0) is 15.2. The first-order chi connectivity index (χ1) is 10.2. The lowest BCUT2D eigenvalue weighted by Crippen LogP contribution is -2.29. The van der Waals surface area contributed by atoms with Crippen molar-refractivity contribution in [2.75, 3.05) is 7.11 Å². The number of ether oxygens (including phenoxy) is 2. The SMILES string of the molecule is CCC(N)C(OCc1ccc(OC)cc1)c1sccc1C. The Morgan fingerprint density at radius 2 is 1.90 bits per heavy atom. The van der Waals surface area contributed by atoms with Crippen LogP contribution >= 0.6 is 11.3 Å². The van der Waals surface area contributed by atoms with E-state index < -0.39 is 0 Å². The number of thiophene rings is 1. The van der Waals surface area contributed by atoms with E-state index in [0.717, 1.165) is 17.7 Å². The van der Waals surface area contributed by atoms with E-state index in [9.17, 15) is 0 Å². The maximum absolute atomic E-state index is 6.25. The molecule has 0 bridgehead atoms. The first-order valence-electron chi connectivity index (χ1n) is 7.19. The quantitative estimate of drug-likeness (QED) is 0.839. The minimum absolute atomic E-state index is 0.0144. The number of hydrogen-bond acceptors (Lipinski definition) is 4. The Morgan fingerprint density at radius 1 is 1.19 bits per heavy atom. The fraction of sp³-hybridized carbons (Fsp3) is 0.412. The highest BCUT2D eigenvalue weighted by molar-refractivity contribution is 7.10. The van der Waals surface area contributed by atoms with Crippen LogP contribution in [0.1, 0.15) is 35.5 Å². The number of methoxy groups -OCH3 is 1. The fourth-order valence-electron chi connectivity index (χ4n) is 2.19.